The predicted molar refractivity (Wildman–Crippen MR) is 83.5 cm³/mol. The number of aryl methyl sites for hydroxylation is 1. The summed E-state index contributed by atoms with van der Waals surface area (Å²) in [7, 11) is 0. The quantitative estimate of drug-likeness (QED) is 0.667. The second-order valence-electron chi connectivity index (χ2n) is 6.30. The summed E-state index contributed by atoms with van der Waals surface area (Å²) in [5, 5.41) is 0. The molecule has 0 amide bonds. The molecule has 4 rings (SSSR count). The number of nitrogens with zero attached hydrogens (tertiary/aromatic N) is 1. The lowest BCUT2D eigenvalue weighted by atomic mass is 9.92. The highest BCUT2D eigenvalue weighted by molar-refractivity contribution is 5.40. The standard InChI is InChI=1S/C18H21N3/c19-21-16(11-13-6-3-4-10-20-13)18-15-9-8-12-5-1-2-7-14(12)17(15)18/h1-7,10,15-18,21H,8-9,11,19H2. The Kier molecular flexibility index (Phi) is 3.24. The zero-order valence-corrected chi connectivity index (χ0v) is 12.1. The third-order valence-electron chi connectivity index (χ3n) is 5.22. The summed E-state index contributed by atoms with van der Waals surface area (Å²) in [5.74, 6) is 8.00. The smallest absolute Gasteiger partial charge is 0.0419 e. The van der Waals surface area contributed by atoms with Gasteiger partial charge in [0, 0.05) is 24.4 Å². The number of benzene rings is 1. The number of fused-ring (bicyclic) bond motifs is 3. The number of nitrogens with one attached hydrogen (secondary N) is 1. The van der Waals surface area contributed by atoms with Gasteiger partial charge in [0.05, 0.1) is 0 Å². The van der Waals surface area contributed by atoms with Crippen LogP contribution < -0.4 is 11.3 Å². The van der Waals surface area contributed by atoms with Crippen LogP contribution in [0.25, 0.3) is 0 Å². The van der Waals surface area contributed by atoms with Crippen LogP contribution in [-0.2, 0) is 12.8 Å². The Balaban J connectivity index is 1.55. The number of nitrogens with two attached hydrogens (primary N) is 1. The normalized spacial score (nSPS) is 27.6. The third-order valence-corrected chi connectivity index (χ3v) is 5.22. The molecule has 0 radical (unpaired) electrons. The molecular formula is C18H21N3. The first-order chi connectivity index (χ1) is 10.4. The lowest BCUT2D eigenvalue weighted by molar-refractivity contribution is 0.437. The molecule has 1 fully saturated rings. The van der Waals surface area contributed by atoms with Gasteiger partial charge in [-0.3, -0.25) is 16.3 Å². The van der Waals surface area contributed by atoms with Gasteiger partial charge in [-0.1, -0.05) is 30.3 Å². The van der Waals surface area contributed by atoms with Crippen molar-refractivity contribution in [2.45, 2.75) is 31.2 Å². The fraction of sp³-hybridized carbons (Fsp3) is 0.389. The SMILES string of the molecule is NNC(Cc1ccccn1)C1C2CCc3ccccc3C21. The van der Waals surface area contributed by atoms with Crippen molar-refractivity contribution in [1.82, 2.24) is 10.4 Å². The zero-order valence-electron chi connectivity index (χ0n) is 12.1. The first-order valence-electron chi connectivity index (χ1n) is 7.82. The summed E-state index contributed by atoms with van der Waals surface area (Å²) in [6, 6.07) is 15.3. The summed E-state index contributed by atoms with van der Waals surface area (Å²) in [5.41, 5.74) is 7.27. The van der Waals surface area contributed by atoms with E-state index in [-0.39, 0.29) is 0 Å². The molecule has 0 aliphatic heterocycles. The molecule has 2 aliphatic carbocycles. The van der Waals surface area contributed by atoms with Crippen LogP contribution in [0, 0.1) is 11.8 Å². The predicted octanol–water partition coefficient (Wildman–Crippen LogP) is 2.43. The Labute approximate surface area is 125 Å². The Morgan fingerprint density at radius 1 is 1.19 bits per heavy atom. The molecule has 2 aromatic rings. The van der Waals surface area contributed by atoms with E-state index in [1.54, 1.807) is 5.56 Å². The Hall–Kier alpha value is -1.71. The average molecular weight is 279 g/mol. The monoisotopic (exact) mass is 279 g/mol. The number of pyridine rings is 1. The molecule has 0 spiro atoms. The molecule has 0 saturated heterocycles. The summed E-state index contributed by atoms with van der Waals surface area (Å²) in [6.45, 7) is 0. The van der Waals surface area contributed by atoms with Crippen molar-refractivity contribution in [2.24, 2.45) is 17.7 Å². The van der Waals surface area contributed by atoms with E-state index in [0.29, 0.717) is 17.9 Å². The summed E-state index contributed by atoms with van der Waals surface area (Å²) in [6.07, 6.45) is 5.29. The van der Waals surface area contributed by atoms with Crippen LogP contribution in [0.1, 0.15) is 29.2 Å². The second-order valence-corrected chi connectivity index (χ2v) is 6.30. The fourth-order valence-corrected chi connectivity index (χ4v) is 4.22. The lowest BCUT2D eigenvalue weighted by Crippen LogP contribution is -2.39. The van der Waals surface area contributed by atoms with Gasteiger partial charge in [-0.05, 0) is 53.9 Å². The molecular weight excluding hydrogens is 258 g/mol. The van der Waals surface area contributed by atoms with E-state index in [1.165, 1.54) is 18.4 Å². The minimum absolute atomic E-state index is 0.320. The van der Waals surface area contributed by atoms with Gasteiger partial charge in [0.1, 0.15) is 0 Å². The molecule has 21 heavy (non-hydrogen) atoms. The first kappa shape index (κ1) is 13.0. The van der Waals surface area contributed by atoms with Gasteiger partial charge in [0.2, 0.25) is 0 Å². The van der Waals surface area contributed by atoms with E-state index in [2.05, 4.69) is 40.7 Å². The third kappa shape index (κ3) is 2.27. The van der Waals surface area contributed by atoms with Crippen molar-refractivity contribution in [3.05, 3.63) is 65.5 Å². The number of hydrogen-bond donors (Lipinski definition) is 2. The van der Waals surface area contributed by atoms with E-state index in [0.717, 1.165) is 18.0 Å². The molecule has 3 N–H and O–H groups in total. The molecule has 3 heteroatoms. The molecule has 0 bridgehead atoms. The maximum Gasteiger partial charge on any atom is 0.0419 e. The highest BCUT2D eigenvalue weighted by Gasteiger charge is 2.55. The van der Waals surface area contributed by atoms with Gasteiger partial charge < -0.3 is 0 Å². The highest BCUT2D eigenvalue weighted by atomic mass is 15.2. The minimum atomic E-state index is 0.320. The van der Waals surface area contributed by atoms with Crippen LogP contribution in [0.15, 0.2) is 48.7 Å². The van der Waals surface area contributed by atoms with E-state index in [1.807, 2.05) is 18.3 Å². The van der Waals surface area contributed by atoms with Crippen LogP contribution in [-0.4, -0.2) is 11.0 Å². The molecule has 108 valence electrons. The van der Waals surface area contributed by atoms with Crippen molar-refractivity contribution in [1.29, 1.82) is 0 Å². The van der Waals surface area contributed by atoms with Crippen LogP contribution in [0.4, 0.5) is 0 Å². The van der Waals surface area contributed by atoms with Crippen molar-refractivity contribution >= 4 is 0 Å². The molecule has 1 heterocycles. The molecule has 1 aromatic carbocycles. The largest absolute Gasteiger partial charge is 0.271 e. The van der Waals surface area contributed by atoms with Gasteiger partial charge in [-0.25, -0.2) is 0 Å². The van der Waals surface area contributed by atoms with Crippen molar-refractivity contribution in [3.63, 3.8) is 0 Å². The maximum atomic E-state index is 5.86. The molecule has 1 saturated carbocycles. The highest BCUT2D eigenvalue weighted by Crippen LogP contribution is 2.61. The van der Waals surface area contributed by atoms with Crippen LogP contribution >= 0.6 is 0 Å². The van der Waals surface area contributed by atoms with Crippen molar-refractivity contribution < 1.29 is 0 Å². The van der Waals surface area contributed by atoms with Gasteiger partial charge in [-0.15, -0.1) is 0 Å². The molecule has 4 atom stereocenters. The first-order valence-corrected chi connectivity index (χ1v) is 7.82. The molecule has 1 aromatic heterocycles. The van der Waals surface area contributed by atoms with Gasteiger partial charge in [0.25, 0.3) is 0 Å². The van der Waals surface area contributed by atoms with E-state index in [4.69, 9.17) is 5.84 Å². The van der Waals surface area contributed by atoms with E-state index >= 15 is 0 Å². The molecule has 3 nitrogen and oxygen atoms in total. The number of hydrogen-bond acceptors (Lipinski definition) is 3. The second kappa shape index (κ2) is 5.24. The van der Waals surface area contributed by atoms with Crippen LogP contribution in [0.5, 0.6) is 0 Å². The van der Waals surface area contributed by atoms with E-state index < -0.39 is 0 Å². The topological polar surface area (TPSA) is 50.9 Å². The lowest BCUT2D eigenvalue weighted by Gasteiger charge is -2.16. The van der Waals surface area contributed by atoms with E-state index in [9.17, 15) is 0 Å². The molecule has 2 aliphatic rings. The number of hydrazine groups is 1. The fourth-order valence-electron chi connectivity index (χ4n) is 4.22. The zero-order chi connectivity index (χ0) is 14.2. The minimum Gasteiger partial charge on any atom is -0.271 e. The van der Waals surface area contributed by atoms with Gasteiger partial charge >= 0.3 is 0 Å². The number of aromatic nitrogens is 1. The Morgan fingerprint density at radius 2 is 2.05 bits per heavy atom. The van der Waals surface area contributed by atoms with Crippen LogP contribution in [0.3, 0.4) is 0 Å². The van der Waals surface area contributed by atoms with Crippen LogP contribution in [0.2, 0.25) is 0 Å². The summed E-state index contributed by atoms with van der Waals surface area (Å²) >= 11 is 0. The van der Waals surface area contributed by atoms with Crippen molar-refractivity contribution in [2.75, 3.05) is 0 Å². The summed E-state index contributed by atoms with van der Waals surface area (Å²) < 4.78 is 0. The van der Waals surface area contributed by atoms with Gasteiger partial charge in [-0.2, -0.15) is 0 Å². The Morgan fingerprint density at radius 3 is 2.86 bits per heavy atom. The maximum absolute atomic E-state index is 5.86. The van der Waals surface area contributed by atoms with Crippen molar-refractivity contribution in [3.8, 4) is 0 Å². The summed E-state index contributed by atoms with van der Waals surface area (Å²) in [4.78, 5) is 4.44. The van der Waals surface area contributed by atoms with Gasteiger partial charge in [0.15, 0.2) is 0 Å². The molecule has 4 unspecified atom stereocenters. The Bertz CT molecular complexity index is 625. The number of rotatable bonds is 4. The average Bonchev–Trinajstić information content (AvgIpc) is 3.28.